The van der Waals surface area contributed by atoms with E-state index in [9.17, 15) is 19.5 Å². The van der Waals surface area contributed by atoms with Gasteiger partial charge in [0.25, 0.3) is 0 Å². The van der Waals surface area contributed by atoms with Crippen LogP contribution in [0, 0.1) is 17.8 Å². The number of carbonyl (C=O) groups excluding carboxylic acids is 3. The maximum absolute atomic E-state index is 13.6. The van der Waals surface area contributed by atoms with Gasteiger partial charge in [0, 0.05) is 13.1 Å². The third-order valence-electron chi connectivity index (χ3n) is 8.22. The molecule has 3 N–H and O–H groups in total. The first kappa shape index (κ1) is 21.6. The Labute approximate surface area is 178 Å². The van der Waals surface area contributed by atoms with Crippen LogP contribution < -0.4 is 10.6 Å². The Kier molecular flexibility index (Phi) is 5.37. The Morgan fingerprint density at radius 3 is 2.53 bits per heavy atom. The zero-order valence-corrected chi connectivity index (χ0v) is 18.4. The Balaban J connectivity index is 1.74. The van der Waals surface area contributed by atoms with Crippen LogP contribution in [0.5, 0.6) is 0 Å². The highest BCUT2D eigenvalue weighted by atomic mass is 16.5. The second kappa shape index (κ2) is 7.48. The number of hydrogen-bond donors (Lipinski definition) is 3. The maximum Gasteiger partial charge on any atom is 0.246 e. The number of nitrogens with zero attached hydrogens (tertiary/aromatic N) is 1. The number of aliphatic hydroxyl groups excluding tert-OH is 1. The molecule has 4 fully saturated rings. The highest BCUT2D eigenvalue weighted by Gasteiger charge is 2.80. The van der Waals surface area contributed by atoms with Gasteiger partial charge in [0.1, 0.15) is 11.6 Å². The first-order chi connectivity index (χ1) is 14.2. The number of hydrogen-bond acceptors (Lipinski definition) is 5. The van der Waals surface area contributed by atoms with Crippen LogP contribution in [0.25, 0.3) is 0 Å². The van der Waals surface area contributed by atoms with Crippen molar-refractivity contribution in [3.63, 3.8) is 0 Å². The summed E-state index contributed by atoms with van der Waals surface area (Å²) in [4.78, 5) is 41.6. The molecule has 1 aliphatic carbocycles. The van der Waals surface area contributed by atoms with E-state index in [1.54, 1.807) is 14.0 Å². The van der Waals surface area contributed by atoms with E-state index >= 15 is 0 Å². The van der Waals surface area contributed by atoms with Crippen LogP contribution in [0.15, 0.2) is 0 Å². The van der Waals surface area contributed by atoms with Gasteiger partial charge < -0.3 is 25.4 Å². The molecule has 7 atom stereocenters. The van der Waals surface area contributed by atoms with Crippen molar-refractivity contribution >= 4 is 17.7 Å². The molecule has 8 heteroatoms. The number of rotatable bonds is 5. The standard InChI is InChI=1S/C22H35N3O5/c1-12-10-22-16(15(18(27)23-4)21(12,3)30-22)20(29)25(13(2)11-26)17(22)19(28)24-14-8-6-5-7-9-14/h12-17,26H,5-11H2,1-4H3,(H,23,27)(H,24,28)/t12?,13-,15-,16+,17?,21+,22?/m1/s1. The summed E-state index contributed by atoms with van der Waals surface area (Å²) < 4.78 is 6.57. The molecular weight excluding hydrogens is 386 g/mol. The molecule has 3 unspecified atom stereocenters. The monoisotopic (exact) mass is 421 g/mol. The van der Waals surface area contributed by atoms with Crippen molar-refractivity contribution in [2.24, 2.45) is 17.8 Å². The van der Waals surface area contributed by atoms with Crippen LogP contribution in [-0.2, 0) is 19.1 Å². The Morgan fingerprint density at radius 1 is 1.27 bits per heavy atom. The molecule has 4 rings (SSSR count). The summed E-state index contributed by atoms with van der Waals surface area (Å²) in [5.74, 6) is -2.04. The lowest BCUT2D eigenvalue weighted by atomic mass is 9.62. The molecular formula is C22H35N3O5. The third kappa shape index (κ3) is 2.83. The number of amides is 3. The number of likely N-dealkylation sites (tertiary alicyclic amines) is 1. The van der Waals surface area contributed by atoms with Gasteiger partial charge in [-0.25, -0.2) is 0 Å². The molecule has 8 nitrogen and oxygen atoms in total. The minimum absolute atomic E-state index is 0.0261. The largest absolute Gasteiger partial charge is 0.394 e. The van der Waals surface area contributed by atoms with E-state index < -0.39 is 35.1 Å². The first-order valence-corrected chi connectivity index (χ1v) is 11.4. The number of fused-ring (bicyclic) bond motifs is 1. The Morgan fingerprint density at radius 2 is 1.93 bits per heavy atom. The summed E-state index contributed by atoms with van der Waals surface area (Å²) >= 11 is 0. The van der Waals surface area contributed by atoms with Crippen LogP contribution >= 0.6 is 0 Å². The van der Waals surface area contributed by atoms with Gasteiger partial charge in [-0.05, 0) is 39.0 Å². The number of nitrogens with one attached hydrogen (secondary N) is 2. The minimum atomic E-state index is -1.04. The number of carbonyl (C=O) groups is 3. The zero-order valence-electron chi connectivity index (χ0n) is 18.4. The van der Waals surface area contributed by atoms with Crippen LogP contribution in [0.1, 0.15) is 59.3 Å². The van der Waals surface area contributed by atoms with Crippen LogP contribution in [0.4, 0.5) is 0 Å². The van der Waals surface area contributed by atoms with E-state index in [1.165, 1.54) is 11.3 Å². The SMILES string of the molecule is CNC(=O)[C@H]1[C@H]2C(=O)N([C@H](C)CO)C(C(=O)NC3CCCCC3)C23CC(C)[C@]1(C)O3. The molecule has 4 aliphatic rings. The van der Waals surface area contributed by atoms with Crippen molar-refractivity contribution in [3.05, 3.63) is 0 Å². The summed E-state index contributed by atoms with van der Waals surface area (Å²) in [5.41, 5.74) is -1.83. The first-order valence-electron chi connectivity index (χ1n) is 11.4. The molecule has 2 bridgehead atoms. The van der Waals surface area contributed by atoms with Crippen molar-refractivity contribution < 1.29 is 24.2 Å². The predicted octanol–water partition coefficient (Wildman–Crippen LogP) is 0.573. The molecule has 168 valence electrons. The smallest absolute Gasteiger partial charge is 0.246 e. The summed E-state index contributed by atoms with van der Waals surface area (Å²) in [6, 6.07) is -1.27. The molecule has 0 aromatic carbocycles. The molecule has 3 saturated heterocycles. The summed E-state index contributed by atoms with van der Waals surface area (Å²) in [7, 11) is 1.57. The van der Waals surface area contributed by atoms with Crippen molar-refractivity contribution in [3.8, 4) is 0 Å². The fourth-order valence-electron chi connectivity index (χ4n) is 6.62. The minimum Gasteiger partial charge on any atom is -0.394 e. The number of ether oxygens (including phenoxy) is 1. The lowest BCUT2D eigenvalue weighted by Crippen LogP contribution is -2.59. The van der Waals surface area contributed by atoms with E-state index in [1.807, 2.05) is 13.8 Å². The van der Waals surface area contributed by atoms with E-state index in [2.05, 4.69) is 10.6 Å². The average molecular weight is 422 g/mol. The molecule has 0 aromatic heterocycles. The molecule has 1 spiro atoms. The predicted molar refractivity (Wildman–Crippen MR) is 109 cm³/mol. The van der Waals surface area contributed by atoms with E-state index in [0.29, 0.717) is 6.42 Å². The lowest BCUT2D eigenvalue weighted by Gasteiger charge is -2.37. The molecule has 3 heterocycles. The molecule has 30 heavy (non-hydrogen) atoms. The lowest BCUT2D eigenvalue weighted by molar-refractivity contribution is -0.150. The normalized spacial score (nSPS) is 41.6. The number of aliphatic hydroxyl groups is 1. The van der Waals surface area contributed by atoms with Crippen molar-refractivity contribution in [1.82, 2.24) is 15.5 Å². The van der Waals surface area contributed by atoms with Crippen LogP contribution in [-0.4, -0.2) is 70.7 Å². The van der Waals surface area contributed by atoms with Gasteiger partial charge in [-0.1, -0.05) is 26.2 Å². The van der Waals surface area contributed by atoms with Gasteiger partial charge in [-0.3, -0.25) is 14.4 Å². The molecule has 0 radical (unpaired) electrons. The maximum atomic E-state index is 13.6. The topological polar surface area (TPSA) is 108 Å². The fraction of sp³-hybridized carbons (Fsp3) is 0.864. The highest BCUT2D eigenvalue weighted by Crippen LogP contribution is 2.65. The van der Waals surface area contributed by atoms with E-state index in [-0.39, 0.29) is 36.3 Å². The Hall–Kier alpha value is -1.67. The second-order valence-electron chi connectivity index (χ2n) is 9.94. The van der Waals surface area contributed by atoms with Crippen molar-refractivity contribution in [2.45, 2.75) is 88.6 Å². The zero-order chi connectivity index (χ0) is 21.8. The molecule has 1 saturated carbocycles. The van der Waals surface area contributed by atoms with Crippen molar-refractivity contribution in [2.75, 3.05) is 13.7 Å². The van der Waals surface area contributed by atoms with Crippen LogP contribution in [0.3, 0.4) is 0 Å². The quantitative estimate of drug-likeness (QED) is 0.602. The highest BCUT2D eigenvalue weighted by molar-refractivity contribution is 5.99. The summed E-state index contributed by atoms with van der Waals surface area (Å²) in [5, 5.41) is 15.7. The Bertz CT molecular complexity index is 738. The van der Waals surface area contributed by atoms with Crippen LogP contribution in [0.2, 0.25) is 0 Å². The molecule has 3 aliphatic heterocycles. The van der Waals surface area contributed by atoms with Gasteiger partial charge in [0.05, 0.1) is 30.1 Å². The fourth-order valence-corrected chi connectivity index (χ4v) is 6.62. The summed E-state index contributed by atoms with van der Waals surface area (Å²) in [6.07, 6.45) is 5.78. The van der Waals surface area contributed by atoms with Gasteiger partial charge in [-0.15, -0.1) is 0 Å². The van der Waals surface area contributed by atoms with Gasteiger partial charge in [0.2, 0.25) is 17.7 Å². The molecule has 3 amide bonds. The summed E-state index contributed by atoms with van der Waals surface area (Å²) in [6.45, 7) is 5.41. The third-order valence-corrected chi connectivity index (χ3v) is 8.22. The van der Waals surface area contributed by atoms with Gasteiger partial charge in [0.15, 0.2) is 0 Å². The second-order valence-corrected chi connectivity index (χ2v) is 9.94. The van der Waals surface area contributed by atoms with E-state index in [4.69, 9.17) is 4.74 Å². The molecule has 0 aromatic rings. The van der Waals surface area contributed by atoms with E-state index in [0.717, 1.165) is 25.7 Å². The van der Waals surface area contributed by atoms with Gasteiger partial charge >= 0.3 is 0 Å². The van der Waals surface area contributed by atoms with Gasteiger partial charge in [-0.2, -0.15) is 0 Å². The van der Waals surface area contributed by atoms with Crippen molar-refractivity contribution in [1.29, 1.82) is 0 Å². The average Bonchev–Trinajstić information content (AvgIpc) is 3.24.